The fraction of sp³-hybridized carbons (Fsp3) is 0.966. The largest absolute Gasteiger partial charge is 0.444 e. The van der Waals surface area contributed by atoms with Gasteiger partial charge in [-0.05, 0) is 209 Å². The van der Waals surface area contributed by atoms with Gasteiger partial charge in [0.1, 0.15) is 5.60 Å². The van der Waals surface area contributed by atoms with Gasteiger partial charge in [-0.1, -0.05) is 14.9 Å². The maximum Gasteiger partial charge on any atom is 0.410 e. The maximum absolute atomic E-state index is 11.9. The summed E-state index contributed by atoms with van der Waals surface area (Å²) in [5.74, 6) is 0.153. The lowest BCUT2D eigenvalue weighted by Crippen LogP contribution is -2.51. The lowest BCUT2D eigenvalue weighted by atomic mass is 10.1. The summed E-state index contributed by atoms with van der Waals surface area (Å²) in [5, 5.41) is 9.74. The molecule has 6 fully saturated rings. The van der Waals surface area contributed by atoms with Gasteiger partial charge < -0.3 is 63.6 Å². The van der Waals surface area contributed by atoms with E-state index >= 15 is 0 Å². The Morgan fingerprint density at radius 1 is 0.452 bits per heavy atom. The first-order chi connectivity index (χ1) is 32.5. The van der Waals surface area contributed by atoms with Crippen LogP contribution < -0.4 is 16.0 Å². The van der Waals surface area contributed by atoms with Crippen molar-refractivity contribution in [1.29, 1.82) is 0 Å². The molecule has 2 unspecified atom stereocenters. The number of nitrogens with one attached hydrogen (secondary N) is 3. The number of amides is 2. The molecule has 6 rings (SSSR count). The molecular weight excluding hydrogens is 927 g/mol. The summed E-state index contributed by atoms with van der Waals surface area (Å²) < 4.78 is 45.1. The number of likely N-dealkylation sites (tertiary alicyclic amines) is 2. The van der Waals surface area contributed by atoms with Gasteiger partial charge in [-0.15, -0.1) is 0 Å². The average molecular weight is 1050 g/mol. The third kappa shape index (κ3) is 42.1. The van der Waals surface area contributed by atoms with Crippen molar-refractivity contribution in [3.8, 4) is 0 Å². The summed E-state index contributed by atoms with van der Waals surface area (Å²) in [6, 6.07) is 0. The van der Waals surface area contributed by atoms with Crippen molar-refractivity contribution >= 4 is 12.0 Å². The van der Waals surface area contributed by atoms with Gasteiger partial charge >= 0.3 is 6.09 Å². The summed E-state index contributed by atoms with van der Waals surface area (Å²) >= 11 is 0. The highest BCUT2D eigenvalue weighted by Crippen LogP contribution is 2.23. The topological polar surface area (TPSA) is 151 Å². The van der Waals surface area contributed by atoms with Gasteiger partial charge in [0.15, 0.2) is 0 Å². The van der Waals surface area contributed by atoms with Crippen LogP contribution in [0, 0.1) is 0 Å². The minimum atomic E-state index is -0.421. The second kappa shape index (κ2) is 35.0. The molecule has 0 saturated carbocycles. The van der Waals surface area contributed by atoms with Crippen LogP contribution in [0.5, 0.6) is 0 Å². The Bertz CT molecular complexity index is 1400. The molecule has 0 aromatic rings. The van der Waals surface area contributed by atoms with Crippen LogP contribution in [-0.4, -0.2) is 177 Å². The molecule has 0 spiro atoms. The van der Waals surface area contributed by atoms with E-state index in [1.54, 1.807) is 11.8 Å². The van der Waals surface area contributed by atoms with E-state index in [1.165, 1.54) is 12.8 Å². The van der Waals surface area contributed by atoms with Crippen molar-refractivity contribution < 1.29 is 47.5 Å². The van der Waals surface area contributed by atoms with Crippen LogP contribution in [0.15, 0.2) is 0 Å². The summed E-state index contributed by atoms with van der Waals surface area (Å²) in [4.78, 5) is 26.5. The molecule has 6 aliphatic rings. The zero-order valence-electron chi connectivity index (χ0n) is 49.7. The van der Waals surface area contributed by atoms with Crippen LogP contribution in [0.1, 0.15) is 212 Å². The smallest absolute Gasteiger partial charge is 0.410 e. The predicted molar refractivity (Wildman–Crippen MR) is 303 cm³/mol. The quantitative estimate of drug-likeness (QED) is 0.222. The third-order valence-electron chi connectivity index (χ3n) is 11.0. The summed E-state index contributed by atoms with van der Waals surface area (Å²) in [6.45, 7) is 53.9. The number of carbonyl (C=O) groups excluding carboxylic acids is 2. The van der Waals surface area contributed by atoms with Gasteiger partial charge in [-0.3, -0.25) is 4.79 Å². The molecule has 438 valence electrons. The minimum absolute atomic E-state index is 0. The molecule has 15 nitrogen and oxygen atoms in total. The Labute approximate surface area is 450 Å². The van der Waals surface area contributed by atoms with E-state index in [4.69, 9.17) is 37.9 Å². The standard InChI is InChI=1S/C14H27NO3.C10H19NO2.C9H18O2.2C8H17NO.C7H15NO.2CH4/c1-13(2,3)17-11-7-9-15(10-8-11)12(16)18-14(4,5)6;1-8(12)11-6-5-9(7-11)13-10(2,3)4;1-9(2,3)11-8-4-6-10-7-5-8;1-8(2,3)10-7-4-5-9-6-7;1-7(2)10-8-3-5-9-6-4-8;1-7(2,3)9-6-4-8-5-6;;/h11H,7-10H2,1-6H3;9H,5-7H2,1-4H3;8H,4-7H2,1-3H3;7,9H,4-6H2,1-3H3;7-9H,3-6H2,1-2H3;6,8H,4-5H2,1-3H3;2*1H4. The second-order valence-corrected chi connectivity index (χ2v) is 26.0. The number of ether oxygens (including phenoxy) is 8. The Balaban J connectivity index is 0. The molecule has 3 N–H and O–H groups in total. The Kier molecular flexibility index (Phi) is 35.2. The molecule has 6 heterocycles. The normalized spacial score (nSPS) is 21.6. The Morgan fingerprint density at radius 3 is 1.18 bits per heavy atom. The maximum atomic E-state index is 11.9. The minimum Gasteiger partial charge on any atom is -0.444 e. The number of carbonyl (C=O) groups is 2. The molecule has 15 heteroatoms. The van der Waals surface area contributed by atoms with Crippen LogP contribution in [-0.2, 0) is 42.7 Å². The highest BCUT2D eigenvalue weighted by molar-refractivity contribution is 5.73. The molecule has 0 radical (unpaired) electrons. The summed E-state index contributed by atoms with van der Waals surface area (Å²) in [7, 11) is 0. The zero-order chi connectivity index (χ0) is 54.3. The van der Waals surface area contributed by atoms with Crippen molar-refractivity contribution in [2.24, 2.45) is 0 Å². The first kappa shape index (κ1) is 73.4. The van der Waals surface area contributed by atoms with Gasteiger partial charge in [0, 0.05) is 66.0 Å². The van der Waals surface area contributed by atoms with Crippen LogP contribution in [0.3, 0.4) is 0 Å². The monoisotopic (exact) mass is 1050 g/mol. The average Bonchev–Trinajstić information content (AvgIpc) is 3.87. The number of nitrogens with zero attached hydrogens (tertiary/aromatic N) is 2. The van der Waals surface area contributed by atoms with Crippen LogP contribution in [0.2, 0.25) is 0 Å². The molecule has 2 atom stereocenters. The molecule has 73 heavy (non-hydrogen) atoms. The summed E-state index contributed by atoms with van der Waals surface area (Å²) in [6.07, 6.45) is 10.9. The van der Waals surface area contributed by atoms with E-state index in [1.807, 2.05) is 46.4 Å². The number of piperidine rings is 2. The second-order valence-electron chi connectivity index (χ2n) is 26.0. The van der Waals surface area contributed by atoms with Crippen LogP contribution >= 0.6 is 0 Å². The predicted octanol–water partition coefficient (Wildman–Crippen LogP) is 11.0. The van der Waals surface area contributed by atoms with E-state index in [0.717, 1.165) is 117 Å². The van der Waals surface area contributed by atoms with Gasteiger partial charge in [-0.2, -0.15) is 0 Å². The Morgan fingerprint density at radius 2 is 0.822 bits per heavy atom. The van der Waals surface area contributed by atoms with Crippen molar-refractivity contribution in [3.05, 3.63) is 0 Å². The van der Waals surface area contributed by atoms with E-state index in [0.29, 0.717) is 30.5 Å². The van der Waals surface area contributed by atoms with Crippen molar-refractivity contribution in [2.45, 2.75) is 288 Å². The highest BCUT2D eigenvalue weighted by atomic mass is 16.6. The molecule has 2 amide bonds. The first-order valence-corrected chi connectivity index (χ1v) is 27.5. The highest BCUT2D eigenvalue weighted by Gasteiger charge is 2.31. The molecule has 6 aliphatic heterocycles. The van der Waals surface area contributed by atoms with Crippen molar-refractivity contribution in [1.82, 2.24) is 25.8 Å². The molecule has 0 aromatic carbocycles. The number of rotatable bonds is 7. The lowest BCUT2D eigenvalue weighted by molar-refractivity contribution is -0.129. The molecule has 6 saturated heterocycles. The molecule has 0 aliphatic carbocycles. The van der Waals surface area contributed by atoms with Crippen LogP contribution in [0.4, 0.5) is 4.79 Å². The van der Waals surface area contributed by atoms with E-state index in [-0.39, 0.29) is 67.1 Å². The SMILES string of the molecule is C.C.CC(=O)N1CCC(OC(C)(C)C)C1.CC(C)(C)OC(=O)N1CCC(OC(C)(C)C)CC1.CC(C)(C)OC1CCNC1.CC(C)(C)OC1CCOCC1.CC(C)(C)OC1CNC1.CC(C)OC1CCNCC1. The van der Waals surface area contributed by atoms with Crippen molar-refractivity contribution in [3.63, 3.8) is 0 Å². The summed E-state index contributed by atoms with van der Waals surface area (Å²) in [5.41, 5.74) is -0.572. The van der Waals surface area contributed by atoms with Gasteiger partial charge in [0.05, 0.1) is 70.7 Å². The van der Waals surface area contributed by atoms with Gasteiger partial charge in [0.2, 0.25) is 5.91 Å². The third-order valence-corrected chi connectivity index (χ3v) is 11.0. The first-order valence-electron chi connectivity index (χ1n) is 27.5. The van der Waals surface area contributed by atoms with Gasteiger partial charge in [-0.25, -0.2) is 4.79 Å². The van der Waals surface area contributed by atoms with Crippen molar-refractivity contribution in [2.75, 3.05) is 78.7 Å². The van der Waals surface area contributed by atoms with Gasteiger partial charge in [0.25, 0.3) is 0 Å². The van der Waals surface area contributed by atoms with Crippen LogP contribution in [0.25, 0.3) is 0 Å². The molecular formula is C58H121N5O10. The van der Waals surface area contributed by atoms with E-state index < -0.39 is 5.60 Å². The van der Waals surface area contributed by atoms with E-state index in [9.17, 15) is 9.59 Å². The fourth-order valence-electron chi connectivity index (χ4n) is 8.28. The van der Waals surface area contributed by atoms with E-state index in [2.05, 4.69) is 113 Å². The number of hydrogen-bond acceptors (Lipinski definition) is 13. The Hall–Kier alpha value is -1.66. The lowest BCUT2D eigenvalue weighted by Gasteiger charge is -2.36. The molecule has 0 bridgehead atoms. The fourth-order valence-corrected chi connectivity index (χ4v) is 8.28. The molecule has 0 aromatic heterocycles. The zero-order valence-corrected chi connectivity index (χ0v) is 49.7. The number of hydrogen-bond donors (Lipinski definition) is 3.